The molecule has 0 saturated carbocycles. The van der Waals surface area contributed by atoms with Gasteiger partial charge in [-0.3, -0.25) is 20.4 Å². The number of esters is 1. The van der Waals surface area contributed by atoms with Crippen molar-refractivity contribution in [3.05, 3.63) is 70.1 Å². The van der Waals surface area contributed by atoms with E-state index in [2.05, 4.69) is 10.9 Å². The fraction of sp³-hybridized carbons (Fsp3) is 0.0667. The van der Waals surface area contributed by atoms with Crippen molar-refractivity contribution in [1.82, 2.24) is 10.9 Å². The number of rotatable bonds is 4. The van der Waals surface area contributed by atoms with Crippen LogP contribution in [-0.2, 0) is 9.53 Å². The number of amides is 2. The number of halogens is 1. The van der Waals surface area contributed by atoms with E-state index >= 15 is 0 Å². The highest BCUT2D eigenvalue weighted by atomic mass is 35.5. The van der Waals surface area contributed by atoms with Gasteiger partial charge in [-0.05, 0) is 24.3 Å². The molecule has 2 rings (SSSR count). The molecule has 2 N–H and O–H groups in total. The van der Waals surface area contributed by atoms with Crippen LogP contribution in [0.25, 0.3) is 0 Å². The lowest BCUT2D eigenvalue weighted by Gasteiger charge is -2.08. The molecule has 0 spiro atoms. The molecule has 0 aliphatic carbocycles. The maximum atomic E-state index is 11.7. The Balaban J connectivity index is 1.77. The number of nitrogens with zero attached hydrogens (tertiary/aromatic N) is 1. The first kappa shape index (κ1) is 17.2. The Kier molecular flexibility index (Phi) is 5.69. The number of benzene rings is 1. The van der Waals surface area contributed by atoms with Crippen molar-refractivity contribution >= 4 is 29.4 Å². The summed E-state index contributed by atoms with van der Waals surface area (Å²) < 4.78 is 5.26. The molecule has 0 saturated heterocycles. The van der Waals surface area contributed by atoms with E-state index in [-0.39, 0.29) is 5.56 Å². The highest BCUT2D eigenvalue weighted by Gasteiger charge is 2.12. The Labute approximate surface area is 141 Å². The van der Waals surface area contributed by atoms with E-state index in [0.717, 1.165) is 12.4 Å². The van der Waals surface area contributed by atoms with E-state index in [1.807, 2.05) is 0 Å². The third-order valence-electron chi connectivity index (χ3n) is 2.79. The predicted octanol–water partition coefficient (Wildman–Crippen LogP) is 0.591. The lowest BCUT2D eigenvalue weighted by Crippen LogP contribution is -2.43. The van der Waals surface area contributed by atoms with Gasteiger partial charge < -0.3 is 9.94 Å². The number of ether oxygens (including phenoxy) is 1. The average Bonchev–Trinajstić information content (AvgIpc) is 2.58. The Bertz CT molecular complexity index is 683. The van der Waals surface area contributed by atoms with Crippen molar-refractivity contribution < 1.29 is 23.9 Å². The van der Waals surface area contributed by atoms with Crippen LogP contribution in [0.4, 0.5) is 0 Å². The fourth-order valence-electron chi connectivity index (χ4n) is 1.60. The summed E-state index contributed by atoms with van der Waals surface area (Å²) in [6, 6.07) is 8.56. The molecule has 0 unspecified atom stereocenters. The molecule has 1 heterocycles. The summed E-state index contributed by atoms with van der Waals surface area (Å²) in [6.45, 7) is -0.591. The SMILES string of the molecule is O=C(COC(=O)c1cc[n+]([O-])cc1)NNC(=O)c1ccc(Cl)cc1. The summed E-state index contributed by atoms with van der Waals surface area (Å²) in [5.74, 6) is -2.04. The van der Waals surface area contributed by atoms with Gasteiger partial charge in [0.1, 0.15) is 0 Å². The van der Waals surface area contributed by atoms with E-state index in [4.69, 9.17) is 16.3 Å². The van der Waals surface area contributed by atoms with Crippen LogP contribution in [0, 0.1) is 5.21 Å². The monoisotopic (exact) mass is 349 g/mol. The van der Waals surface area contributed by atoms with Crippen LogP contribution in [0.1, 0.15) is 20.7 Å². The standard InChI is InChI=1S/C15H12ClN3O5/c16-12-3-1-10(2-4-12)14(21)18-17-13(20)9-24-15(22)11-5-7-19(23)8-6-11/h1-8H,9H2,(H,17,20)(H,18,21). The molecular weight excluding hydrogens is 338 g/mol. The first-order valence-corrected chi connectivity index (χ1v) is 7.04. The first-order valence-electron chi connectivity index (χ1n) is 6.66. The summed E-state index contributed by atoms with van der Waals surface area (Å²) in [5, 5.41) is 11.3. The molecule has 0 aliphatic rings. The fourth-order valence-corrected chi connectivity index (χ4v) is 1.73. The van der Waals surface area contributed by atoms with E-state index in [9.17, 15) is 19.6 Å². The number of carbonyl (C=O) groups is 3. The van der Waals surface area contributed by atoms with Crippen LogP contribution in [0.2, 0.25) is 5.02 Å². The summed E-state index contributed by atoms with van der Waals surface area (Å²) in [4.78, 5) is 34.9. The lowest BCUT2D eigenvalue weighted by molar-refractivity contribution is -0.605. The summed E-state index contributed by atoms with van der Waals surface area (Å²) in [7, 11) is 0. The highest BCUT2D eigenvalue weighted by Crippen LogP contribution is 2.08. The van der Waals surface area contributed by atoms with Gasteiger partial charge in [-0.15, -0.1) is 0 Å². The molecule has 1 aromatic heterocycles. The normalized spacial score (nSPS) is 9.88. The summed E-state index contributed by atoms with van der Waals surface area (Å²) >= 11 is 5.71. The zero-order chi connectivity index (χ0) is 17.5. The van der Waals surface area contributed by atoms with Gasteiger partial charge >= 0.3 is 5.97 Å². The molecule has 2 amide bonds. The maximum Gasteiger partial charge on any atom is 0.339 e. The van der Waals surface area contributed by atoms with E-state index in [1.54, 1.807) is 0 Å². The van der Waals surface area contributed by atoms with Crippen LogP contribution < -0.4 is 15.6 Å². The molecule has 124 valence electrons. The molecular formula is C15H12ClN3O5. The molecule has 0 fully saturated rings. The Morgan fingerprint density at radius 3 is 2.25 bits per heavy atom. The van der Waals surface area contributed by atoms with Gasteiger partial charge in [-0.2, -0.15) is 4.73 Å². The number of carbonyl (C=O) groups excluding carboxylic acids is 3. The van der Waals surface area contributed by atoms with Gasteiger partial charge in [0.25, 0.3) is 11.8 Å². The lowest BCUT2D eigenvalue weighted by atomic mass is 10.2. The van der Waals surface area contributed by atoms with Crippen molar-refractivity contribution in [2.24, 2.45) is 0 Å². The molecule has 0 bridgehead atoms. The van der Waals surface area contributed by atoms with E-state index < -0.39 is 24.4 Å². The third-order valence-corrected chi connectivity index (χ3v) is 3.05. The third kappa shape index (κ3) is 4.96. The maximum absolute atomic E-state index is 11.7. The number of hydrazine groups is 1. The topological polar surface area (TPSA) is 111 Å². The van der Waals surface area contributed by atoms with Crippen molar-refractivity contribution in [3.8, 4) is 0 Å². The average molecular weight is 350 g/mol. The zero-order valence-electron chi connectivity index (χ0n) is 12.2. The number of hydrogen-bond acceptors (Lipinski definition) is 5. The minimum Gasteiger partial charge on any atom is -0.619 e. The molecule has 0 atom stereocenters. The van der Waals surface area contributed by atoms with Gasteiger partial charge in [0.05, 0.1) is 5.56 Å². The molecule has 0 radical (unpaired) electrons. The second-order valence-corrected chi connectivity index (χ2v) is 4.97. The Hall–Kier alpha value is -3.13. The molecule has 0 aliphatic heterocycles. The summed E-state index contributed by atoms with van der Waals surface area (Å²) in [6.07, 6.45) is 2.26. The van der Waals surface area contributed by atoms with Crippen LogP contribution >= 0.6 is 11.6 Å². The van der Waals surface area contributed by atoms with E-state index in [0.29, 0.717) is 15.3 Å². The van der Waals surface area contributed by atoms with Crippen molar-refractivity contribution in [3.63, 3.8) is 0 Å². The molecule has 2 aromatic rings. The van der Waals surface area contributed by atoms with Gasteiger partial charge in [-0.25, -0.2) is 4.79 Å². The first-order chi connectivity index (χ1) is 11.5. The van der Waals surface area contributed by atoms with E-state index in [1.165, 1.54) is 36.4 Å². The zero-order valence-corrected chi connectivity index (χ0v) is 12.9. The van der Waals surface area contributed by atoms with Crippen molar-refractivity contribution in [1.29, 1.82) is 0 Å². The number of nitrogens with one attached hydrogen (secondary N) is 2. The molecule has 9 heteroatoms. The Morgan fingerprint density at radius 2 is 1.62 bits per heavy atom. The van der Waals surface area contributed by atoms with Gasteiger partial charge in [-0.1, -0.05) is 11.6 Å². The predicted molar refractivity (Wildman–Crippen MR) is 82.7 cm³/mol. The second-order valence-electron chi connectivity index (χ2n) is 4.53. The summed E-state index contributed by atoms with van der Waals surface area (Å²) in [5.41, 5.74) is 4.70. The van der Waals surface area contributed by atoms with Gasteiger partial charge in [0.2, 0.25) is 0 Å². The van der Waals surface area contributed by atoms with Crippen molar-refractivity contribution in [2.75, 3.05) is 6.61 Å². The van der Waals surface area contributed by atoms with Crippen molar-refractivity contribution in [2.45, 2.75) is 0 Å². The minimum atomic E-state index is -0.769. The quantitative estimate of drug-likeness (QED) is 0.363. The highest BCUT2D eigenvalue weighted by molar-refractivity contribution is 6.30. The van der Waals surface area contributed by atoms with Crippen LogP contribution in [0.3, 0.4) is 0 Å². The number of aromatic nitrogens is 1. The van der Waals surface area contributed by atoms with Crippen LogP contribution in [0.5, 0.6) is 0 Å². The van der Waals surface area contributed by atoms with Gasteiger partial charge in [0, 0.05) is 22.7 Å². The van der Waals surface area contributed by atoms with Crippen LogP contribution in [0.15, 0.2) is 48.8 Å². The molecule has 8 nitrogen and oxygen atoms in total. The number of pyridine rings is 1. The second kappa shape index (κ2) is 7.93. The van der Waals surface area contributed by atoms with Gasteiger partial charge in [0.15, 0.2) is 19.0 Å². The number of hydrogen-bond donors (Lipinski definition) is 2. The van der Waals surface area contributed by atoms with Crippen LogP contribution in [-0.4, -0.2) is 24.4 Å². The largest absolute Gasteiger partial charge is 0.619 e. The minimum absolute atomic E-state index is 0.125. The molecule has 1 aromatic carbocycles. The smallest absolute Gasteiger partial charge is 0.339 e. The molecule has 24 heavy (non-hydrogen) atoms. The Morgan fingerprint density at radius 1 is 1.00 bits per heavy atom.